The second-order valence-electron chi connectivity index (χ2n) is 5.95. The Morgan fingerprint density at radius 1 is 1.25 bits per heavy atom. The molecular weight excluding hydrogens is 391 g/mol. The number of halogens is 1. The molecule has 3 heterocycles. The van der Waals surface area contributed by atoms with E-state index < -0.39 is 16.0 Å². The van der Waals surface area contributed by atoms with E-state index in [4.69, 9.17) is 9.26 Å². The maximum atomic E-state index is 13.0. The number of carbonyl (C=O) groups excluding carboxylic acids is 1. The molecule has 9 nitrogen and oxygen atoms in total. The first-order chi connectivity index (χ1) is 13.4. The van der Waals surface area contributed by atoms with Crippen molar-refractivity contribution in [1.29, 1.82) is 0 Å². The standard InChI is InChI=1S/C17H13FN4O5S/c18-13-4-1-11(2-5-13)16-19-14(20-27-16)10-26-17(23)12-3-6-15-21-28(24,25)8-7-22(15)9-12/h1-6,9H,7-8,10H2. The fourth-order valence-electron chi connectivity index (χ4n) is 2.56. The molecule has 11 heteroatoms. The maximum Gasteiger partial charge on any atom is 0.340 e. The molecule has 144 valence electrons. The third-order valence-corrected chi connectivity index (χ3v) is 5.11. The average Bonchev–Trinajstić information content (AvgIpc) is 3.14. The van der Waals surface area contributed by atoms with Crippen LogP contribution in [0, 0.1) is 5.82 Å². The van der Waals surface area contributed by atoms with Crippen LogP contribution in [0.4, 0.5) is 4.39 Å². The summed E-state index contributed by atoms with van der Waals surface area (Å²) in [4.78, 5) is 17.9. The van der Waals surface area contributed by atoms with Gasteiger partial charge in [-0.2, -0.15) is 4.98 Å². The number of carbonyl (C=O) groups is 1. The summed E-state index contributed by atoms with van der Waals surface area (Å²) in [6.45, 7) is -0.0157. The minimum Gasteiger partial charge on any atom is -0.454 e. The molecule has 0 radical (unpaired) electrons. The van der Waals surface area contributed by atoms with E-state index in [0.29, 0.717) is 5.56 Å². The van der Waals surface area contributed by atoms with E-state index in [-0.39, 0.29) is 47.8 Å². The average molecular weight is 404 g/mol. The van der Waals surface area contributed by atoms with Crippen LogP contribution in [0.15, 0.2) is 57.1 Å². The van der Waals surface area contributed by atoms with Crippen LogP contribution < -0.4 is 0 Å². The zero-order chi connectivity index (χ0) is 19.7. The Bertz CT molecular complexity index is 1120. The molecule has 0 N–H and O–H groups in total. The lowest BCUT2D eigenvalue weighted by atomic mass is 10.2. The smallest absolute Gasteiger partial charge is 0.340 e. The summed E-state index contributed by atoms with van der Waals surface area (Å²) >= 11 is 0. The van der Waals surface area contributed by atoms with E-state index in [9.17, 15) is 17.6 Å². The van der Waals surface area contributed by atoms with E-state index in [0.717, 1.165) is 0 Å². The molecule has 0 saturated carbocycles. The van der Waals surface area contributed by atoms with Crippen molar-refractivity contribution in [1.82, 2.24) is 15.0 Å². The molecule has 2 aromatic rings. The quantitative estimate of drug-likeness (QED) is 0.703. The predicted molar refractivity (Wildman–Crippen MR) is 94.6 cm³/mol. The molecule has 0 fully saturated rings. The van der Waals surface area contributed by atoms with Gasteiger partial charge in [0.05, 0.1) is 11.3 Å². The summed E-state index contributed by atoms with van der Waals surface area (Å²) in [5.41, 5.74) is 0.775. The van der Waals surface area contributed by atoms with E-state index in [2.05, 4.69) is 14.5 Å². The van der Waals surface area contributed by atoms with Crippen molar-refractivity contribution in [2.75, 3.05) is 12.3 Å². The van der Waals surface area contributed by atoms with Crippen molar-refractivity contribution in [3.8, 4) is 11.5 Å². The first kappa shape index (κ1) is 18.0. The van der Waals surface area contributed by atoms with Gasteiger partial charge in [-0.3, -0.25) is 0 Å². The second kappa shape index (κ2) is 7.00. The van der Waals surface area contributed by atoms with Gasteiger partial charge in [-0.25, -0.2) is 17.6 Å². The fraction of sp³-hybridized carbons (Fsp3) is 0.176. The van der Waals surface area contributed by atoms with Crippen LogP contribution in [0.25, 0.3) is 11.5 Å². The van der Waals surface area contributed by atoms with Crippen molar-refractivity contribution in [3.63, 3.8) is 0 Å². The molecule has 0 spiro atoms. The van der Waals surface area contributed by atoms with Crippen LogP contribution in [0.1, 0.15) is 5.82 Å². The summed E-state index contributed by atoms with van der Waals surface area (Å²) in [5.74, 6) is -0.553. The summed E-state index contributed by atoms with van der Waals surface area (Å²) in [6, 6.07) is 5.53. The Labute approximate surface area is 158 Å². The number of aromatic nitrogens is 2. The summed E-state index contributed by atoms with van der Waals surface area (Å²) in [6.07, 6.45) is 4.35. The first-order valence-electron chi connectivity index (χ1n) is 8.14. The maximum absolute atomic E-state index is 13.0. The highest BCUT2D eigenvalue weighted by Gasteiger charge is 2.25. The van der Waals surface area contributed by atoms with Gasteiger partial charge in [0.1, 0.15) is 11.7 Å². The van der Waals surface area contributed by atoms with Crippen molar-refractivity contribution in [2.45, 2.75) is 6.61 Å². The Balaban J connectivity index is 1.40. The number of nitrogens with zero attached hydrogens (tertiary/aromatic N) is 4. The molecule has 2 aliphatic rings. The SMILES string of the molecule is O=C(OCc1noc(-c2ccc(F)cc2)n1)C1=CN2CCS(=O)(=O)N=C2C=C1. The van der Waals surface area contributed by atoms with Gasteiger partial charge in [0.25, 0.3) is 15.9 Å². The highest BCUT2D eigenvalue weighted by Crippen LogP contribution is 2.19. The van der Waals surface area contributed by atoms with E-state index in [1.54, 1.807) is 4.90 Å². The summed E-state index contributed by atoms with van der Waals surface area (Å²) in [7, 11) is -3.46. The lowest BCUT2D eigenvalue weighted by Crippen LogP contribution is -2.37. The molecule has 28 heavy (non-hydrogen) atoms. The van der Waals surface area contributed by atoms with Crippen LogP contribution in [0.3, 0.4) is 0 Å². The molecule has 1 aromatic heterocycles. The predicted octanol–water partition coefficient (Wildman–Crippen LogP) is 1.42. The third-order valence-electron chi connectivity index (χ3n) is 3.95. The second-order valence-corrected chi connectivity index (χ2v) is 7.70. The van der Waals surface area contributed by atoms with Crippen molar-refractivity contribution in [2.24, 2.45) is 4.40 Å². The molecular formula is C17H13FN4O5S. The number of sulfonamides is 1. The lowest BCUT2D eigenvalue weighted by Gasteiger charge is -2.26. The van der Waals surface area contributed by atoms with Crippen LogP contribution in [0.5, 0.6) is 0 Å². The van der Waals surface area contributed by atoms with Crippen molar-refractivity contribution >= 4 is 21.8 Å². The Morgan fingerprint density at radius 2 is 2.04 bits per heavy atom. The van der Waals surface area contributed by atoms with Crippen LogP contribution in [0.2, 0.25) is 0 Å². The van der Waals surface area contributed by atoms with Crippen molar-refractivity contribution < 1.29 is 26.9 Å². The molecule has 0 amide bonds. The fourth-order valence-corrected chi connectivity index (χ4v) is 3.53. The largest absolute Gasteiger partial charge is 0.454 e. The minimum atomic E-state index is -3.46. The molecule has 4 rings (SSSR count). The van der Waals surface area contributed by atoms with E-state index >= 15 is 0 Å². The zero-order valence-corrected chi connectivity index (χ0v) is 15.1. The molecule has 2 aliphatic heterocycles. The minimum absolute atomic E-state index is 0.127. The van der Waals surface area contributed by atoms with Gasteiger partial charge in [-0.05, 0) is 36.4 Å². The van der Waals surface area contributed by atoms with Crippen molar-refractivity contribution in [3.05, 3.63) is 59.8 Å². The van der Waals surface area contributed by atoms with Gasteiger partial charge < -0.3 is 14.2 Å². The Hall–Kier alpha value is -3.34. The monoisotopic (exact) mass is 404 g/mol. The number of hydrogen-bond acceptors (Lipinski definition) is 8. The molecule has 1 aromatic carbocycles. The van der Waals surface area contributed by atoms with Gasteiger partial charge in [0.15, 0.2) is 6.61 Å². The van der Waals surface area contributed by atoms with Crippen LogP contribution in [-0.2, 0) is 26.2 Å². The summed E-state index contributed by atoms with van der Waals surface area (Å²) in [5, 5.41) is 3.72. The van der Waals surface area contributed by atoms with Gasteiger partial charge in [-0.15, -0.1) is 4.40 Å². The molecule has 0 unspecified atom stereocenters. The number of fused-ring (bicyclic) bond motifs is 1. The molecule has 0 saturated heterocycles. The van der Waals surface area contributed by atoms with E-state index in [1.165, 1.54) is 42.6 Å². The number of hydrogen-bond donors (Lipinski definition) is 0. The van der Waals surface area contributed by atoms with Crippen LogP contribution in [-0.4, -0.2) is 47.6 Å². The lowest BCUT2D eigenvalue weighted by molar-refractivity contribution is -0.140. The normalized spacial score (nSPS) is 17.5. The Kier molecular flexibility index (Phi) is 4.51. The zero-order valence-electron chi connectivity index (χ0n) is 14.3. The van der Waals surface area contributed by atoms with Gasteiger partial charge in [0.2, 0.25) is 5.82 Å². The van der Waals surface area contributed by atoms with E-state index in [1.807, 2.05) is 0 Å². The molecule has 0 bridgehead atoms. The highest BCUT2D eigenvalue weighted by molar-refractivity contribution is 7.90. The number of esters is 1. The topological polar surface area (TPSA) is 115 Å². The van der Waals surface area contributed by atoms with Crippen LogP contribution >= 0.6 is 0 Å². The summed E-state index contributed by atoms with van der Waals surface area (Å²) < 4.78 is 49.8. The highest BCUT2D eigenvalue weighted by atomic mass is 32.2. The number of ether oxygens (including phenoxy) is 1. The van der Waals surface area contributed by atoms with Gasteiger partial charge >= 0.3 is 5.97 Å². The number of rotatable bonds is 4. The molecule has 0 aliphatic carbocycles. The van der Waals surface area contributed by atoms with Gasteiger partial charge in [-0.1, -0.05) is 5.16 Å². The number of benzene rings is 1. The first-order valence-corrected chi connectivity index (χ1v) is 9.75. The Morgan fingerprint density at radius 3 is 2.82 bits per heavy atom. The third kappa shape index (κ3) is 3.83. The number of amidine groups is 1. The molecule has 0 atom stereocenters. The van der Waals surface area contributed by atoms with Gasteiger partial charge in [0, 0.05) is 18.3 Å².